The molecule has 2 unspecified atom stereocenters. The number of alkyl carbamates (subject to hydrolysis) is 1. The number of carbonyl (C=O) groups excluding carboxylic acids is 4. The van der Waals surface area contributed by atoms with Crippen LogP contribution in [0.4, 0.5) is 23.7 Å². The topological polar surface area (TPSA) is 169 Å². The average Bonchev–Trinajstić information content (AvgIpc) is 3.27. The number of ether oxygens (including phenoxy) is 1. The lowest BCUT2D eigenvalue weighted by atomic mass is 10.0. The molecule has 2 aromatic carbocycles. The Kier molecular flexibility index (Phi) is 11.3. The van der Waals surface area contributed by atoms with E-state index in [1.807, 2.05) is 18.2 Å². The molecule has 1 heterocycles. The number of hydrogen-bond donors (Lipinski definition) is 5. The number of nitrogens with one attached hydrogen (secondary N) is 3. The van der Waals surface area contributed by atoms with Gasteiger partial charge in [0.15, 0.2) is 0 Å². The van der Waals surface area contributed by atoms with E-state index in [0.717, 1.165) is 23.8 Å². The van der Waals surface area contributed by atoms with Gasteiger partial charge in [-0.1, -0.05) is 36.4 Å². The highest BCUT2D eigenvalue weighted by molar-refractivity contribution is 5.99. The fourth-order valence-corrected chi connectivity index (χ4v) is 4.52. The fourth-order valence-electron chi connectivity index (χ4n) is 4.52. The quantitative estimate of drug-likeness (QED) is 0.272. The molecule has 1 aliphatic rings. The molecule has 1 saturated heterocycles. The molecule has 11 nitrogen and oxygen atoms in total. The van der Waals surface area contributed by atoms with Crippen LogP contribution in [0.5, 0.6) is 0 Å². The molecule has 44 heavy (non-hydrogen) atoms. The molecule has 0 aliphatic carbocycles. The van der Waals surface area contributed by atoms with Crippen LogP contribution >= 0.6 is 0 Å². The minimum atomic E-state index is -4.63. The van der Waals surface area contributed by atoms with Crippen LogP contribution in [0.25, 0.3) is 0 Å². The van der Waals surface area contributed by atoms with E-state index >= 15 is 0 Å². The molecule has 1 aliphatic heterocycles. The van der Waals surface area contributed by atoms with Crippen molar-refractivity contribution in [2.24, 2.45) is 11.5 Å². The van der Waals surface area contributed by atoms with Crippen molar-refractivity contribution in [3.63, 3.8) is 0 Å². The van der Waals surface area contributed by atoms with Gasteiger partial charge in [-0.2, -0.15) is 13.2 Å². The third kappa shape index (κ3) is 10.5. The van der Waals surface area contributed by atoms with Gasteiger partial charge >= 0.3 is 12.3 Å². The molecule has 240 valence electrons. The summed E-state index contributed by atoms with van der Waals surface area (Å²) in [6.07, 6.45) is -5.68. The summed E-state index contributed by atoms with van der Waals surface area (Å²) in [6, 6.07) is 9.54. The number of halogens is 3. The maximum absolute atomic E-state index is 13.6. The van der Waals surface area contributed by atoms with Crippen molar-refractivity contribution in [2.45, 2.75) is 76.0 Å². The van der Waals surface area contributed by atoms with Crippen molar-refractivity contribution in [1.82, 2.24) is 15.5 Å². The van der Waals surface area contributed by atoms with Gasteiger partial charge < -0.3 is 37.1 Å². The highest BCUT2D eigenvalue weighted by atomic mass is 19.4. The molecule has 0 bridgehead atoms. The van der Waals surface area contributed by atoms with Gasteiger partial charge in [-0.25, -0.2) is 4.79 Å². The van der Waals surface area contributed by atoms with E-state index in [1.165, 1.54) is 11.0 Å². The molecule has 7 N–H and O–H groups in total. The van der Waals surface area contributed by atoms with Crippen molar-refractivity contribution in [2.75, 3.05) is 18.4 Å². The highest BCUT2D eigenvalue weighted by Crippen LogP contribution is 2.30. The van der Waals surface area contributed by atoms with Crippen LogP contribution in [-0.4, -0.2) is 71.6 Å². The summed E-state index contributed by atoms with van der Waals surface area (Å²) in [5.74, 6) is -2.15. The zero-order valence-electron chi connectivity index (χ0n) is 24.8. The van der Waals surface area contributed by atoms with E-state index in [2.05, 4.69) is 16.0 Å². The van der Waals surface area contributed by atoms with Crippen LogP contribution in [0, 0.1) is 0 Å². The first-order valence-corrected chi connectivity index (χ1v) is 14.1. The van der Waals surface area contributed by atoms with E-state index < -0.39 is 71.7 Å². The number of amides is 4. The Balaban J connectivity index is 1.82. The second-order valence-electron chi connectivity index (χ2n) is 11.7. The molecular formula is C30H39F3N6O5. The van der Waals surface area contributed by atoms with Gasteiger partial charge in [0.05, 0.1) is 12.0 Å². The summed E-state index contributed by atoms with van der Waals surface area (Å²) in [5, 5.41) is 7.41. The highest BCUT2D eigenvalue weighted by Gasteiger charge is 2.35. The first-order chi connectivity index (χ1) is 20.5. The van der Waals surface area contributed by atoms with Crippen molar-refractivity contribution in [1.29, 1.82) is 0 Å². The normalized spacial score (nSPS) is 18.2. The summed E-state index contributed by atoms with van der Waals surface area (Å²) in [7, 11) is 0. The number of rotatable bonds is 10. The number of aryl methyl sites for hydroxylation is 1. The molecule has 4 atom stereocenters. The monoisotopic (exact) mass is 620 g/mol. The number of nitrogens with zero attached hydrogens (tertiary/aromatic N) is 1. The van der Waals surface area contributed by atoms with E-state index in [1.54, 1.807) is 32.9 Å². The van der Waals surface area contributed by atoms with Crippen molar-refractivity contribution in [3.05, 3.63) is 65.7 Å². The lowest BCUT2D eigenvalue weighted by molar-refractivity contribution is -0.137. The molecular weight excluding hydrogens is 581 g/mol. The lowest BCUT2D eigenvalue weighted by Gasteiger charge is -2.26. The maximum Gasteiger partial charge on any atom is 0.416 e. The summed E-state index contributed by atoms with van der Waals surface area (Å²) < 4.78 is 45.0. The molecule has 2 aromatic rings. The van der Waals surface area contributed by atoms with Gasteiger partial charge in [0.25, 0.3) is 0 Å². The smallest absolute Gasteiger partial charge is 0.416 e. The summed E-state index contributed by atoms with van der Waals surface area (Å²) in [5.41, 5.74) is 10.7. The Labute approximate surface area is 253 Å². The van der Waals surface area contributed by atoms with Crippen molar-refractivity contribution in [3.8, 4) is 0 Å². The number of hydrogen-bond acceptors (Lipinski definition) is 7. The van der Waals surface area contributed by atoms with Gasteiger partial charge in [-0.05, 0) is 57.4 Å². The zero-order chi connectivity index (χ0) is 32.7. The number of benzene rings is 2. The molecule has 0 saturated carbocycles. The van der Waals surface area contributed by atoms with Crippen molar-refractivity contribution >= 4 is 29.5 Å². The minimum Gasteiger partial charge on any atom is -0.444 e. The van der Waals surface area contributed by atoms with Crippen LogP contribution in [0.2, 0.25) is 0 Å². The Morgan fingerprint density at radius 2 is 1.55 bits per heavy atom. The van der Waals surface area contributed by atoms with Crippen LogP contribution in [0.1, 0.15) is 44.7 Å². The number of alkyl halides is 3. The van der Waals surface area contributed by atoms with Crippen molar-refractivity contribution < 1.29 is 37.1 Å². The van der Waals surface area contributed by atoms with Gasteiger partial charge in [-0.3, -0.25) is 14.4 Å². The van der Waals surface area contributed by atoms with E-state index in [-0.39, 0.29) is 25.2 Å². The largest absolute Gasteiger partial charge is 0.444 e. The summed E-state index contributed by atoms with van der Waals surface area (Å²) in [4.78, 5) is 54.0. The average molecular weight is 621 g/mol. The molecule has 0 radical (unpaired) electrons. The number of likely N-dealkylation sites (tertiary alicyclic amines) is 1. The predicted molar refractivity (Wildman–Crippen MR) is 157 cm³/mol. The maximum atomic E-state index is 13.6. The Morgan fingerprint density at radius 3 is 2.14 bits per heavy atom. The molecule has 0 spiro atoms. The fraction of sp³-hybridized carbons (Fsp3) is 0.467. The zero-order valence-corrected chi connectivity index (χ0v) is 24.8. The van der Waals surface area contributed by atoms with E-state index in [0.29, 0.717) is 6.42 Å². The third-order valence-electron chi connectivity index (χ3n) is 6.81. The van der Waals surface area contributed by atoms with Crippen LogP contribution in [0.15, 0.2) is 54.6 Å². The lowest BCUT2D eigenvalue weighted by Crippen LogP contribution is -2.54. The third-order valence-corrected chi connectivity index (χ3v) is 6.81. The molecule has 1 fully saturated rings. The van der Waals surface area contributed by atoms with E-state index in [4.69, 9.17) is 16.2 Å². The first-order valence-electron chi connectivity index (χ1n) is 14.1. The van der Waals surface area contributed by atoms with Gasteiger partial charge in [0, 0.05) is 30.9 Å². The Bertz CT molecular complexity index is 1310. The molecule has 4 amide bonds. The standard InChI is InChI=1S/C30H39F3N6O5/c1-29(2,3)44-28(43)38-24(15-25(40)39-16-21(34)22(35)17-39)27(42)37-23(13-12-18-8-5-4-6-9-18)26(41)36-20-11-7-10-19(14-20)30(31,32)33/h4-11,14,21-24H,12-13,15-17,34-35H2,1-3H3,(H,36,41)(H,37,42)(H,38,43)/t21-,22+,23?,24?. The summed E-state index contributed by atoms with van der Waals surface area (Å²) >= 11 is 0. The van der Waals surface area contributed by atoms with Crippen LogP contribution in [0.3, 0.4) is 0 Å². The Hall–Kier alpha value is -4.17. The predicted octanol–water partition coefficient (Wildman–Crippen LogP) is 2.54. The molecule has 3 rings (SSSR count). The Morgan fingerprint density at radius 1 is 0.909 bits per heavy atom. The van der Waals surface area contributed by atoms with Crippen LogP contribution < -0.4 is 27.4 Å². The minimum absolute atomic E-state index is 0.0590. The SMILES string of the molecule is CC(C)(C)OC(=O)NC(CC(=O)N1C[C@@H](N)[C@@H](N)C1)C(=O)NC(CCc1ccccc1)C(=O)Nc1cccc(C(F)(F)F)c1. The van der Waals surface area contributed by atoms with E-state index in [9.17, 15) is 32.3 Å². The number of anilines is 1. The second-order valence-corrected chi connectivity index (χ2v) is 11.7. The molecule has 14 heteroatoms. The number of nitrogens with two attached hydrogens (primary N) is 2. The second kappa shape index (κ2) is 14.5. The summed E-state index contributed by atoms with van der Waals surface area (Å²) in [6.45, 7) is 5.20. The van der Waals surface area contributed by atoms with Gasteiger partial charge in [0.2, 0.25) is 17.7 Å². The first kappa shape index (κ1) is 34.3. The van der Waals surface area contributed by atoms with Crippen LogP contribution in [-0.2, 0) is 31.7 Å². The van der Waals surface area contributed by atoms with Gasteiger partial charge in [0.1, 0.15) is 17.7 Å². The molecule has 0 aromatic heterocycles. The van der Waals surface area contributed by atoms with Gasteiger partial charge in [-0.15, -0.1) is 0 Å². The number of carbonyl (C=O) groups is 4.